The van der Waals surface area contributed by atoms with E-state index in [-0.39, 0.29) is 10.1 Å². The predicted octanol–water partition coefficient (Wildman–Crippen LogP) is 2.33. The van der Waals surface area contributed by atoms with E-state index in [1.54, 1.807) is 24.4 Å². The second-order valence-electron chi connectivity index (χ2n) is 4.76. The van der Waals surface area contributed by atoms with Crippen molar-refractivity contribution in [3.63, 3.8) is 0 Å². The highest BCUT2D eigenvalue weighted by Crippen LogP contribution is 2.31. The SMILES string of the molecule is O=C(NN1C(=O)/C(=C/c2ccccn2)SC1=S)c1ccc(O)cc1. The number of carbonyl (C=O) groups is 2. The van der Waals surface area contributed by atoms with E-state index in [2.05, 4.69) is 10.4 Å². The van der Waals surface area contributed by atoms with Gasteiger partial charge in [-0.3, -0.25) is 20.0 Å². The number of thiocarbonyl (C=S) groups is 1. The van der Waals surface area contributed by atoms with Crippen LogP contribution in [-0.2, 0) is 4.79 Å². The van der Waals surface area contributed by atoms with Crippen LogP contribution in [0.1, 0.15) is 16.1 Å². The first-order chi connectivity index (χ1) is 11.5. The molecular formula is C16H11N3O3S2. The molecule has 0 aliphatic carbocycles. The number of pyridine rings is 1. The minimum Gasteiger partial charge on any atom is -0.508 e. The summed E-state index contributed by atoms with van der Waals surface area (Å²) in [6, 6.07) is 11.0. The minimum atomic E-state index is -0.495. The zero-order valence-corrected chi connectivity index (χ0v) is 13.8. The highest BCUT2D eigenvalue weighted by Gasteiger charge is 2.33. The number of phenols is 1. The van der Waals surface area contributed by atoms with Crippen LogP contribution in [-0.4, -0.2) is 31.2 Å². The maximum atomic E-state index is 12.4. The molecule has 8 heteroatoms. The predicted molar refractivity (Wildman–Crippen MR) is 94.8 cm³/mol. The van der Waals surface area contributed by atoms with Crippen LogP contribution in [0.5, 0.6) is 5.75 Å². The first kappa shape index (κ1) is 16.2. The molecule has 2 N–H and O–H groups in total. The Morgan fingerprint density at radius 2 is 2.00 bits per heavy atom. The normalized spacial score (nSPS) is 15.8. The zero-order chi connectivity index (χ0) is 17.1. The Kier molecular flexibility index (Phi) is 4.59. The van der Waals surface area contributed by atoms with Crippen molar-refractivity contribution < 1.29 is 14.7 Å². The average molecular weight is 357 g/mol. The number of benzene rings is 1. The molecule has 1 saturated heterocycles. The van der Waals surface area contributed by atoms with Crippen molar-refractivity contribution in [2.75, 3.05) is 0 Å². The van der Waals surface area contributed by atoms with E-state index in [1.807, 2.05) is 6.07 Å². The fourth-order valence-electron chi connectivity index (χ4n) is 1.94. The van der Waals surface area contributed by atoms with Gasteiger partial charge in [-0.05, 0) is 54.7 Å². The van der Waals surface area contributed by atoms with Crippen molar-refractivity contribution in [1.29, 1.82) is 0 Å². The molecule has 2 amide bonds. The smallest absolute Gasteiger partial charge is 0.285 e. The van der Waals surface area contributed by atoms with Gasteiger partial charge in [0.25, 0.3) is 11.8 Å². The molecule has 0 spiro atoms. The summed E-state index contributed by atoms with van der Waals surface area (Å²) in [6.45, 7) is 0. The van der Waals surface area contributed by atoms with E-state index < -0.39 is 11.8 Å². The molecule has 1 aromatic heterocycles. The number of amides is 2. The lowest BCUT2D eigenvalue weighted by Crippen LogP contribution is -2.44. The number of phenolic OH excluding ortho intramolecular Hbond substituents is 1. The van der Waals surface area contributed by atoms with Crippen LogP contribution < -0.4 is 5.43 Å². The Hall–Kier alpha value is -2.71. The molecule has 1 aromatic carbocycles. The van der Waals surface area contributed by atoms with Crippen LogP contribution >= 0.6 is 24.0 Å². The van der Waals surface area contributed by atoms with Crippen molar-refractivity contribution in [3.05, 3.63) is 64.8 Å². The monoisotopic (exact) mass is 357 g/mol. The molecule has 0 saturated carbocycles. The number of aromatic hydroxyl groups is 1. The third-order valence-corrected chi connectivity index (χ3v) is 4.41. The van der Waals surface area contributed by atoms with Gasteiger partial charge in [0, 0.05) is 11.8 Å². The molecule has 0 radical (unpaired) electrons. The van der Waals surface area contributed by atoms with Gasteiger partial charge in [-0.25, -0.2) is 0 Å². The van der Waals surface area contributed by atoms with E-state index in [0.29, 0.717) is 16.2 Å². The van der Waals surface area contributed by atoms with Crippen LogP contribution in [0.3, 0.4) is 0 Å². The molecule has 2 aromatic rings. The molecule has 120 valence electrons. The molecule has 3 rings (SSSR count). The van der Waals surface area contributed by atoms with Crippen molar-refractivity contribution in [2.24, 2.45) is 0 Å². The summed E-state index contributed by atoms with van der Waals surface area (Å²) in [7, 11) is 0. The molecular weight excluding hydrogens is 346 g/mol. The molecule has 0 atom stereocenters. The van der Waals surface area contributed by atoms with Gasteiger partial charge in [-0.1, -0.05) is 17.8 Å². The lowest BCUT2D eigenvalue weighted by molar-refractivity contribution is -0.123. The molecule has 1 aliphatic rings. The Morgan fingerprint density at radius 1 is 1.25 bits per heavy atom. The maximum absolute atomic E-state index is 12.4. The molecule has 1 fully saturated rings. The van der Waals surface area contributed by atoms with Crippen LogP contribution in [0.4, 0.5) is 0 Å². The van der Waals surface area contributed by atoms with Gasteiger partial charge >= 0.3 is 0 Å². The van der Waals surface area contributed by atoms with Crippen LogP contribution in [0.25, 0.3) is 6.08 Å². The lowest BCUT2D eigenvalue weighted by atomic mass is 10.2. The summed E-state index contributed by atoms with van der Waals surface area (Å²) in [6.07, 6.45) is 3.24. The van der Waals surface area contributed by atoms with Crippen molar-refractivity contribution in [3.8, 4) is 5.75 Å². The number of thioether (sulfide) groups is 1. The second kappa shape index (κ2) is 6.81. The Morgan fingerprint density at radius 3 is 2.67 bits per heavy atom. The molecule has 0 bridgehead atoms. The highest BCUT2D eigenvalue weighted by atomic mass is 32.2. The van der Waals surface area contributed by atoms with Crippen molar-refractivity contribution in [1.82, 2.24) is 15.4 Å². The summed E-state index contributed by atoms with van der Waals surface area (Å²) in [4.78, 5) is 29.1. The van der Waals surface area contributed by atoms with Crippen molar-refractivity contribution in [2.45, 2.75) is 0 Å². The van der Waals surface area contributed by atoms with Gasteiger partial charge in [-0.2, -0.15) is 5.01 Å². The Bertz CT molecular complexity index is 835. The van der Waals surface area contributed by atoms with Gasteiger partial charge in [0.05, 0.1) is 10.6 Å². The Labute approximate surface area is 147 Å². The van der Waals surface area contributed by atoms with Crippen LogP contribution in [0.2, 0.25) is 0 Å². The van der Waals surface area contributed by atoms with Crippen molar-refractivity contribution >= 4 is 46.2 Å². The molecule has 1 aliphatic heterocycles. The number of carbonyl (C=O) groups excluding carboxylic acids is 2. The summed E-state index contributed by atoms with van der Waals surface area (Å²) < 4.78 is 0.231. The van der Waals surface area contributed by atoms with Crippen LogP contribution in [0, 0.1) is 0 Å². The van der Waals surface area contributed by atoms with Gasteiger partial charge in [-0.15, -0.1) is 0 Å². The van der Waals surface area contributed by atoms with E-state index >= 15 is 0 Å². The first-order valence-corrected chi connectivity index (χ1v) is 8.06. The minimum absolute atomic E-state index is 0.0513. The first-order valence-electron chi connectivity index (χ1n) is 6.83. The zero-order valence-electron chi connectivity index (χ0n) is 12.2. The third kappa shape index (κ3) is 3.44. The van der Waals surface area contributed by atoms with E-state index in [1.165, 1.54) is 24.3 Å². The number of aromatic nitrogens is 1. The number of hydrogen-bond acceptors (Lipinski definition) is 6. The third-order valence-electron chi connectivity index (χ3n) is 3.10. The fraction of sp³-hybridized carbons (Fsp3) is 0. The van der Waals surface area contributed by atoms with E-state index in [0.717, 1.165) is 16.8 Å². The fourth-order valence-corrected chi connectivity index (χ4v) is 3.10. The number of nitrogens with zero attached hydrogens (tertiary/aromatic N) is 2. The van der Waals surface area contributed by atoms with Crippen LogP contribution in [0.15, 0.2) is 53.6 Å². The maximum Gasteiger partial charge on any atom is 0.285 e. The molecule has 0 unspecified atom stereocenters. The number of rotatable bonds is 3. The second-order valence-corrected chi connectivity index (χ2v) is 6.44. The molecule has 6 nitrogen and oxygen atoms in total. The average Bonchev–Trinajstić information content (AvgIpc) is 2.84. The summed E-state index contributed by atoms with van der Waals surface area (Å²) >= 11 is 6.24. The summed E-state index contributed by atoms with van der Waals surface area (Å²) in [5.41, 5.74) is 3.40. The van der Waals surface area contributed by atoms with Gasteiger partial charge < -0.3 is 5.11 Å². The molecule has 2 heterocycles. The topological polar surface area (TPSA) is 82.5 Å². The van der Waals surface area contributed by atoms with E-state index in [4.69, 9.17) is 12.2 Å². The van der Waals surface area contributed by atoms with Gasteiger partial charge in [0.1, 0.15) is 5.75 Å². The number of hydrogen-bond donors (Lipinski definition) is 2. The van der Waals surface area contributed by atoms with Gasteiger partial charge in [0.2, 0.25) is 0 Å². The quantitative estimate of drug-likeness (QED) is 0.648. The Balaban J connectivity index is 1.76. The summed E-state index contributed by atoms with van der Waals surface area (Å²) in [5, 5.41) is 10.3. The van der Waals surface area contributed by atoms with E-state index in [9.17, 15) is 14.7 Å². The largest absolute Gasteiger partial charge is 0.508 e. The number of hydrazine groups is 1. The highest BCUT2D eigenvalue weighted by molar-refractivity contribution is 8.26. The van der Waals surface area contributed by atoms with Gasteiger partial charge in [0.15, 0.2) is 4.32 Å². The summed E-state index contributed by atoms with van der Waals surface area (Å²) in [5.74, 6) is -0.858. The standard InChI is InChI=1S/C16H11N3O3S2/c20-12-6-4-10(5-7-12)14(21)18-19-15(22)13(24-16(19)23)9-11-3-1-2-8-17-11/h1-9,20H,(H,18,21)/b13-9-. The number of nitrogens with one attached hydrogen (secondary N) is 1. The molecule has 24 heavy (non-hydrogen) atoms. The lowest BCUT2D eigenvalue weighted by Gasteiger charge is -2.15.